The van der Waals surface area contributed by atoms with Crippen LogP contribution in [0.25, 0.3) is 0 Å². The maximum atomic E-state index is 13.6. The Morgan fingerprint density at radius 3 is 2.35 bits per heavy atom. The predicted octanol–water partition coefficient (Wildman–Crippen LogP) is 4.21. The lowest BCUT2D eigenvalue weighted by Crippen LogP contribution is -2.40. The number of carbonyl (C=O) groups is 1. The first kappa shape index (κ1) is 20.6. The molecule has 0 spiro atoms. The van der Waals surface area contributed by atoms with Crippen molar-refractivity contribution in [2.75, 3.05) is 27.9 Å². The van der Waals surface area contributed by atoms with Gasteiger partial charge in [-0.2, -0.15) is 0 Å². The van der Waals surface area contributed by atoms with E-state index >= 15 is 0 Å². The smallest absolute Gasteiger partial charge is 0.254 e. The molecule has 31 heavy (non-hydrogen) atoms. The highest BCUT2D eigenvalue weighted by molar-refractivity contribution is 5.95. The average Bonchev–Trinajstić information content (AvgIpc) is 2.82. The number of phenolic OH excluding ortho intramolecular Hbond substituents is 1. The van der Waals surface area contributed by atoms with Crippen LogP contribution in [-0.2, 0) is 6.42 Å². The number of methoxy groups -OCH3 is 3. The van der Waals surface area contributed by atoms with Crippen LogP contribution in [0.4, 0.5) is 0 Å². The van der Waals surface area contributed by atoms with E-state index in [-0.39, 0.29) is 17.7 Å². The average molecular weight is 419 g/mol. The van der Waals surface area contributed by atoms with Crippen molar-refractivity contribution in [3.63, 3.8) is 0 Å². The predicted molar refractivity (Wildman–Crippen MR) is 117 cm³/mol. The highest BCUT2D eigenvalue weighted by Crippen LogP contribution is 2.43. The summed E-state index contributed by atoms with van der Waals surface area (Å²) >= 11 is 0. The first-order valence-electron chi connectivity index (χ1n) is 10.0. The van der Waals surface area contributed by atoms with E-state index in [9.17, 15) is 9.90 Å². The fourth-order valence-corrected chi connectivity index (χ4v) is 4.13. The molecule has 1 aliphatic heterocycles. The number of carbonyl (C=O) groups excluding carboxylic acids is 1. The molecule has 0 fully saturated rings. The number of rotatable bonds is 5. The van der Waals surface area contributed by atoms with E-state index in [2.05, 4.69) is 0 Å². The molecule has 0 radical (unpaired) electrons. The Kier molecular flexibility index (Phi) is 5.71. The molecule has 160 valence electrons. The summed E-state index contributed by atoms with van der Waals surface area (Å²) < 4.78 is 16.5. The van der Waals surface area contributed by atoms with Crippen molar-refractivity contribution >= 4 is 5.91 Å². The molecule has 0 aliphatic carbocycles. The minimum absolute atomic E-state index is 0.0968. The molecule has 1 amide bonds. The molecule has 0 bridgehead atoms. The summed E-state index contributed by atoms with van der Waals surface area (Å²) in [6, 6.07) is 17.6. The van der Waals surface area contributed by atoms with Crippen molar-refractivity contribution in [3.8, 4) is 23.0 Å². The van der Waals surface area contributed by atoms with E-state index in [0.717, 1.165) is 16.7 Å². The summed E-state index contributed by atoms with van der Waals surface area (Å²) in [7, 11) is 4.82. The summed E-state index contributed by atoms with van der Waals surface area (Å²) in [6.45, 7) is 0.533. The Morgan fingerprint density at radius 2 is 1.68 bits per heavy atom. The molecule has 1 N–H and O–H groups in total. The molecule has 0 saturated carbocycles. The van der Waals surface area contributed by atoms with Gasteiger partial charge in [-0.05, 0) is 53.9 Å². The molecule has 1 aliphatic rings. The molecule has 0 saturated heterocycles. The third-order valence-electron chi connectivity index (χ3n) is 5.65. The maximum Gasteiger partial charge on any atom is 0.254 e. The van der Waals surface area contributed by atoms with Gasteiger partial charge in [0.15, 0.2) is 0 Å². The Labute approximate surface area is 181 Å². The van der Waals surface area contributed by atoms with Gasteiger partial charge in [-0.15, -0.1) is 0 Å². The van der Waals surface area contributed by atoms with Gasteiger partial charge in [-0.25, -0.2) is 0 Å². The van der Waals surface area contributed by atoms with Crippen molar-refractivity contribution in [3.05, 3.63) is 82.9 Å². The minimum atomic E-state index is -0.371. The molecule has 1 atom stereocenters. The van der Waals surface area contributed by atoms with E-state index in [1.807, 2.05) is 41.3 Å². The Bertz CT molecular complexity index is 1080. The van der Waals surface area contributed by atoms with Crippen molar-refractivity contribution in [1.82, 2.24) is 4.90 Å². The summed E-state index contributed by atoms with van der Waals surface area (Å²) in [5, 5.41) is 9.79. The molecular weight excluding hydrogens is 394 g/mol. The fraction of sp³-hybridized carbons (Fsp3) is 0.240. The largest absolute Gasteiger partial charge is 0.508 e. The molecule has 1 heterocycles. The van der Waals surface area contributed by atoms with Crippen LogP contribution in [0.2, 0.25) is 0 Å². The van der Waals surface area contributed by atoms with Gasteiger partial charge in [0.25, 0.3) is 5.91 Å². The number of aromatic hydroxyl groups is 1. The van der Waals surface area contributed by atoms with Gasteiger partial charge in [0, 0.05) is 23.7 Å². The number of benzene rings is 3. The summed E-state index contributed by atoms with van der Waals surface area (Å²) in [5.74, 6) is 2.09. The second-order valence-electron chi connectivity index (χ2n) is 7.38. The monoisotopic (exact) mass is 419 g/mol. The zero-order valence-corrected chi connectivity index (χ0v) is 17.8. The summed E-state index contributed by atoms with van der Waals surface area (Å²) in [6.07, 6.45) is 0.674. The van der Waals surface area contributed by atoms with E-state index in [1.54, 1.807) is 45.6 Å². The fourth-order valence-electron chi connectivity index (χ4n) is 4.13. The number of amides is 1. The number of ether oxygens (including phenoxy) is 3. The molecule has 3 aromatic carbocycles. The summed E-state index contributed by atoms with van der Waals surface area (Å²) in [4.78, 5) is 15.5. The van der Waals surface area contributed by atoms with Gasteiger partial charge in [-0.1, -0.05) is 18.2 Å². The quantitative estimate of drug-likeness (QED) is 0.671. The molecule has 6 nitrogen and oxygen atoms in total. The van der Waals surface area contributed by atoms with Gasteiger partial charge in [-0.3, -0.25) is 4.79 Å². The first-order valence-corrected chi connectivity index (χ1v) is 10.0. The van der Waals surface area contributed by atoms with Crippen LogP contribution in [0.5, 0.6) is 23.0 Å². The number of phenols is 1. The topological polar surface area (TPSA) is 68.2 Å². The Hall–Kier alpha value is -3.67. The number of hydrogen-bond acceptors (Lipinski definition) is 5. The third-order valence-corrected chi connectivity index (χ3v) is 5.65. The molecule has 1 unspecified atom stereocenters. The normalized spacial score (nSPS) is 15.2. The van der Waals surface area contributed by atoms with Crippen molar-refractivity contribution in [1.29, 1.82) is 0 Å². The van der Waals surface area contributed by atoms with E-state index in [0.29, 0.717) is 35.8 Å². The first-order chi connectivity index (χ1) is 15.0. The summed E-state index contributed by atoms with van der Waals surface area (Å²) in [5.41, 5.74) is 3.44. The van der Waals surface area contributed by atoms with E-state index in [4.69, 9.17) is 14.2 Å². The zero-order valence-electron chi connectivity index (χ0n) is 17.8. The third kappa shape index (κ3) is 3.89. The van der Waals surface area contributed by atoms with Crippen LogP contribution in [0, 0.1) is 0 Å². The molecular formula is C25H25NO5. The maximum absolute atomic E-state index is 13.6. The number of fused-ring (bicyclic) bond motifs is 1. The highest BCUT2D eigenvalue weighted by atomic mass is 16.5. The van der Waals surface area contributed by atoms with E-state index in [1.165, 1.54) is 0 Å². The van der Waals surface area contributed by atoms with Crippen LogP contribution in [0.1, 0.15) is 33.1 Å². The second kappa shape index (κ2) is 8.60. The van der Waals surface area contributed by atoms with Gasteiger partial charge >= 0.3 is 0 Å². The van der Waals surface area contributed by atoms with Crippen LogP contribution >= 0.6 is 0 Å². The van der Waals surface area contributed by atoms with Crippen molar-refractivity contribution in [2.45, 2.75) is 12.5 Å². The van der Waals surface area contributed by atoms with Crippen LogP contribution in [0.15, 0.2) is 60.7 Å². The van der Waals surface area contributed by atoms with Crippen molar-refractivity contribution in [2.24, 2.45) is 0 Å². The van der Waals surface area contributed by atoms with E-state index < -0.39 is 0 Å². The number of nitrogens with zero attached hydrogens (tertiary/aromatic N) is 1. The Balaban J connectivity index is 1.86. The second-order valence-corrected chi connectivity index (χ2v) is 7.38. The Morgan fingerprint density at radius 1 is 0.935 bits per heavy atom. The zero-order chi connectivity index (χ0) is 22.0. The number of hydrogen-bond donors (Lipinski definition) is 1. The van der Waals surface area contributed by atoms with Gasteiger partial charge in [0.05, 0.1) is 27.4 Å². The lowest BCUT2D eigenvalue weighted by molar-refractivity contribution is 0.0692. The SMILES string of the molecule is COc1cccc(C(=O)N2CCc3cc(OC)cc(OC)c3C2c2ccc(O)cc2)c1. The molecule has 0 aromatic heterocycles. The van der Waals surface area contributed by atoms with Gasteiger partial charge < -0.3 is 24.2 Å². The highest BCUT2D eigenvalue weighted by Gasteiger charge is 2.35. The lowest BCUT2D eigenvalue weighted by Gasteiger charge is -2.38. The lowest BCUT2D eigenvalue weighted by atomic mass is 9.86. The molecule has 6 heteroatoms. The van der Waals surface area contributed by atoms with Gasteiger partial charge in [0.1, 0.15) is 23.0 Å². The van der Waals surface area contributed by atoms with Crippen LogP contribution in [0.3, 0.4) is 0 Å². The minimum Gasteiger partial charge on any atom is -0.508 e. The standard InChI is InChI=1S/C25H25NO5/c1-29-20-6-4-5-18(14-20)25(28)26-12-11-17-13-21(30-2)15-22(31-3)23(17)24(26)16-7-9-19(27)10-8-16/h4-10,13-15,24,27H,11-12H2,1-3H3. The van der Waals surface area contributed by atoms with Crippen molar-refractivity contribution < 1.29 is 24.1 Å². The molecule has 4 rings (SSSR count). The molecule has 3 aromatic rings. The van der Waals surface area contributed by atoms with Crippen LogP contribution < -0.4 is 14.2 Å². The van der Waals surface area contributed by atoms with Gasteiger partial charge in [0.2, 0.25) is 0 Å². The van der Waals surface area contributed by atoms with Crippen LogP contribution in [-0.4, -0.2) is 43.8 Å².